The van der Waals surface area contributed by atoms with Gasteiger partial charge in [-0.05, 0) is 32.9 Å². The molecule has 0 spiro atoms. The van der Waals surface area contributed by atoms with Crippen molar-refractivity contribution in [2.75, 3.05) is 13.1 Å². The number of morpholine rings is 1. The standard InChI is InChI=1S/C18H21N3O4/c1-12-10-20(11-18(2,3)25-12)16(22)15-9-14(17(23)24)19-21(15)13-7-5-4-6-8-13/h4-9,12H,10-11H2,1-3H3,(H,23,24). The molecular weight excluding hydrogens is 322 g/mol. The number of carbonyl (C=O) groups excluding carboxylic acids is 1. The quantitative estimate of drug-likeness (QED) is 0.923. The summed E-state index contributed by atoms with van der Waals surface area (Å²) in [5.74, 6) is -1.42. The van der Waals surface area contributed by atoms with E-state index in [1.54, 1.807) is 17.0 Å². The van der Waals surface area contributed by atoms with Gasteiger partial charge in [-0.15, -0.1) is 0 Å². The molecule has 1 amide bonds. The Morgan fingerprint density at radius 3 is 2.56 bits per heavy atom. The van der Waals surface area contributed by atoms with Crippen LogP contribution in [-0.4, -0.2) is 56.5 Å². The Labute approximate surface area is 145 Å². The highest BCUT2D eigenvalue weighted by Crippen LogP contribution is 2.23. The van der Waals surface area contributed by atoms with Gasteiger partial charge in [0.15, 0.2) is 5.69 Å². The van der Waals surface area contributed by atoms with Crippen molar-refractivity contribution >= 4 is 11.9 Å². The second-order valence-corrected chi connectivity index (χ2v) is 6.84. The molecule has 7 nitrogen and oxygen atoms in total. The van der Waals surface area contributed by atoms with Crippen LogP contribution in [0.4, 0.5) is 0 Å². The fourth-order valence-electron chi connectivity index (χ4n) is 3.17. The van der Waals surface area contributed by atoms with Gasteiger partial charge in [0.2, 0.25) is 0 Å². The third-order valence-electron chi connectivity index (χ3n) is 4.00. The molecule has 1 atom stereocenters. The number of carboxylic acids is 1. The number of aromatic nitrogens is 2. The zero-order chi connectivity index (χ0) is 18.2. The van der Waals surface area contributed by atoms with E-state index < -0.39 is 11.6 Å². The molecule has 132 valence electrons. The summed E-state index contributed by atoms with van der Waals surface area (Å²) >= 11 is 0. The SMILES string of the molecule is CC1CN(C(=O)c2cc(C(=O)O)nn2-c2ccccc2)CC(C)(C)O1. The second kappa shape index (κ2) is 6.33. The van der Waals surface area contributed by atoms with Gasteiger partial charge in [0.05, 0.1) is 17.4 Å². The van der Waals surface area contributed by atoms with Gasteiger partial charge < -0.3 is 14.7 Å². The van der Waals surface area contributed by atoms with Crippen LogP contribution in [0.2, 0.25) is 0 Å². The molecule has 2 aromatic rings. The average molecular weight is 343 g/mol. The lowest BCUT2D eigenvalue weighted by atomic mass is 10.1. The zero-order valence-corrected chi connectivity index (χ0v) is 14.5. The lowest BCUT2D eigenvalue weighted by Gasteiger charge is -2.41. The van der Waals surface area contributed by atoms with E-state index in [-0.39, 0.29) is 23.4 Å². The molecule has 1 aromatic heterocycles. The summed E-state index contributed by atoms with van der Waals surface area (Å²) in [6.07, 6.45) is -0.0975. The number of para-hydroxylation sites is 1. The molecule has 1 aliphatic heterocycles. The molecule has 1 unspecified atom stereocenters. The zero-order valence-electron chi connectivity index (χ0n) is 14.5. The maximum absolute atomic E-state index is 13.1. The summed E-state index contributed by atoms with van der Waals surface area (Å²) in [5, 5.41) is 13.4. The summed E-state index contributed by atoms with van der Waals surface area (Å²) in [5.41, 5.74) is 0.251. The second-order valence-electron chi connectivity index (χ2n) is 6.84. The minimum atomic E-state index is -1.17. The highest BCUT2D eigenvalue weighted by atomic mass is 16.5. The molecule has 7 heteroatoms. The van der Waals surface area contributed by atoms with Gasteiger partial charge in [-0.25, -0.2) is 9.48 Å². The van der Waals surface area contributed by atoms with Gasteiger partial charge in [-0.2, -0.15) is 5.10 Å². The van der Waals surface area contributed by atoms with Crippen molar-refractivity contribution in [3.8, 4) is 5.69 Å². The van der Waals surface area contributed by atoms with Crippen molar-refractivity contribution in [2.45, 2.75) is 32.5 Å². The summed E-state index contributed by atoms with van der Waals surface area (Å²) in [6, 6.07) is 10.4. The normalized spacial score (nSPS) is 19.6. The number of hydrogen-bond donors (Lipinski definition) is 1. The van der Waals surface area contributed by atoms with Crippen molar-refractivity contribution in [3.63, 3.8) is 0 Å². The van der Waals surface area contributed by atoms with E-state index in [1.165, 1.54) is 10.7 Å². The number of rotatable bonds is 3. The van der Waals surface area contributed by atoms with Gasteiger partial charge in [0, 0.05) is 19.2 Å². The number of ether oxygens (including phenoxy) is 1. The Balaban J connectivity index is 2.01. The largest absolute Gasteiger partial charge is 0.476 e. The Kier molecular flexibility index (Phi) is 4.34. The van der Waals surface area contributed by atoms with E-state index in [0.29, 0.717) is 18.8 Å². The Morgan fingerprint density at radius 2 is 1.96 bits per heavy atom. The number of nitrogens with zero attached hydrogens (tertiary/aromatic N) is 3. The predicted molar refractivity (Wildman–Crippen MR) is 91.1 cm³/mol. The number of carboxylic acid groups (broad SMARTS) is 1. The molecule has 1 fully saturated rings. The number of carbonyl (C=O) groups is 2. The van der Waals surface area contributed by atoms with Gasteiger partial charge in [0.1, 0.15) is 5.69 Å². The van der Waals surface area contributed by atoms with Crippen LogP contribution in [0.3, 0.4) is 0 Å². The van der Waals surface area contributed by atoms with Crippen LogP contribution in [-0.2, 0) is 4.74 Å². The number of benzene rings is 1. The monoisotopic (exact) mass is 343 g/mol. The topological polar surface area (TPSA) is 84.7 Å². The van der Waals surface area contributed by atoms with Gasteiger partial charge in [-0.3, -0.25) is 4.79 Å². The lowest BCUT2D eigenvalue weighted by Crippen LogP contribution is -2.54. The highest BCUT2D eigenvalue weighted by Gasteiger charge is 2.35. The van der Waals surface area contributed by atoms with E-state index >= 15 is 0 Å². The summed E-state index contributed by atoms with van der Waals surface area (Å²) in [6.45, 7) is 6.65. The molecule has 1 saturated heterocycles. The minimum absolute atomic E-state index is 0.0975. The smallest absolute Gasteiger partial charge is 0.356 e. The molecule has 3 rings (SSSR count). The molecule has 25 heavy (non-hydrogen) atoms. The fraction of sp³-hybridized carbons (Fsp3) is 0.389. The first-order valence-corrected chi connectivity index (χ1v) is 8.13. The van der Waals surface area contributed by atoms with Crippen LogP contribution in [0.25, 0.3) is 5.69 Å². The van der Waals surface area contributed by atoms with Crippen LogP contribution < -0.4 is 0 Å². The van der Waals surface area contributed by atoms with Crippen LogP contribution in [0.5, 0.6) is 0 Å². The maximum Gasteiger partial charge on any atom is 0.356 e. The molecule has 0 saturated carbocycles. The maximum atomic E-state index is 13.1. The highest BCUT2D eigenvalue weighted by molar-refractivity contribution is 5.96. The first-order chi connectivity index (χ1) is 11.8. The van der Waals surface area contributed by atoms with Gasteiger partial charge in [0.25, 0.3) is 5.91 Å². The molecule has 1 N–H and O–H groups in total. The third kappa shape index (κ3) is 3.56. The van der Waals surface area contributed by atoms with Crippen LogP contribution >= 0.6 is 0 Å². The number of aromatic carboxylic acids is 1. The summed E-state index contributed by atoms with van der Waals surface area (Å²) in [4.78, 5) is 26.1. The molecule has 2 heterocycles. The van der Waals surface area contributed by atoms with Crippen molar-refractivity contribution in [1.82, 2.24) is 14.7 Å². The molecule has 1 aromatic carbocycles. The average Bonchev–Trinajstić information content (AvgIpc) is 2.98. The number of hydrogen-bond acceptors (Lipinski definition) is 4. The predicted octanol–water partition coefficient (Wildman–Crippen LogP) is 2.21. The molecular formula is C18H21N3O4. The van der Waals surface area contributed by atoms with Crippen molar-refractivity contribution < 1.29 is 19.4 Å². The molecule has 1 aliphatic rings. The molecule has 0 bridgehead atoms. The van der Waals surface area contributed by atoms with E-state index in [2.05, 4.69) is 5.10 Å². The first-order valence-electron chi connectivity index (χ1n) is 8.13. The van der Waals surface area contributed by atoms with Crippen LogP contribution in [0, 0.1) is 0 Å². The molecule has 0 aliphatic carbocycles. The minimum Gasteiger partial charge on any atom is -0.476 e. The van der Waals surface area contributed by atoms with Gasteiger partial charge in [-0.1, -0.05) is 18.2 Å². The molecule has 0 radical (unpaired) electrons. The summed E-state index contributed by atoms with van der Waals surface area (Å²) < 4.78 is 7.23. The van der Waals surface area contributed by atoms with E-state index in [9.17, 15) is 14.7 Å². The fourth-order valence-corrected chi connectivity index (χ4v) is 3.17. The van der Waals surface area contributed by atoms with E-state index in [1.807, 2.05) is 39.0 Å². The lowest BCUT2D eigenvalue weighted by molar-refractivity contribution is -0.119. The van der Waals surface area contributed by atoms with E-state index in [0.717, 1.165) is 0 Å². The Morgan fingerprint density at radius 1 is 1.28 bits per heavy atom. The van der Waals surface area contributed by atoms with Crippen LogP contribution in [0.15, 0.2) is 36.4 Å². The number of amides is 1. The van der Waals surface area contributed by atoms with Gasteiger partial charge >= 0.3 is 5.97 Å². The van der Waals surface area contributed by atoms with Crippen molar-refractivity contribution in [3.05, 3.63) is 47.8 Å². The van der Waals surface area contributed by atoms with Crippen LogP contribution in [0.1, 0.15) is 41.7 Å². The Hall–Kier alpha value is -2.67. The van der Waals surface area contributed by atoms with E-state index in [4.69, 9.17) is 4.74 Å². The third-order valence-corrected chi connectivity index (χ3v) is 4.00. The summed E-state index contributed by atoms with van der Waals surface area (Å²) in [7, 11) is 0. The Bertz CT molecular complexity index is 798. The first kappa shape index (κ1) is 17.2. The van der Waals surface area contributed by atoms with Crippen molar-refractivity contribution in [1.29, 1.82) is 0 Å². The van der Waals surface area contributed by atoms with Crippen molar-refractivity contribution in [2.24, 2.45) is 0 Å².